The van der Waals surface area contributed by atoms with Gasteiger partial charge in [-0.25, -0.2) is 4.98 Å². The van der Waals surface area contributed by atoms with Crippen LogP contribution in [0.1, 0.15) is 23.7 Å². The lowest BCUT2D eigenvalue weighted by atomic mass is 10.1. The van der Waals surface area contributed by atoms with Crippen molar-refractivity contribution in [3.63, 3.8) is 0 Å². The van der Waals surface area contributed by atoms with Crippen LogP contribution in [0.5, 0.6) is 0 Å². The number of carbonyl (C=O) groups excluding carboxylic acids is 1. The molecule has 0 N–H and O–H groups in total. The molecule has 0 aliphatic carbocycles. The minimum Gasteiger partial charge on any atom is -0.466 e. The van der Waals surface area contributed by atoms with Crippen molar-refractivity contribution in [3.8, 4) is 11.3 Å². The molecule has 4 nitrogen and oxygen atoms in total. The van der Waals surface area contributed by atoms with Gasteiger partial charge in [0, 0.05) is 11.8 Å². The molecule has 0 atom stereocenters. The van der Waals surface area contributed by atoms with Crippen LogP contribution >= 0.6 is 0 Å². The van der Waals surface area contributed by atoms with Crippen molar-refractivity contribution >= 4 is 11.6 Å². The maximum absolute atomic E-state index is 12.0. The van der Waals surface area contributed by atoms with Gasteiger partial charge < -0.3 is 9.14 Å². The summed E-state index contributed by atoms with van der Waals surface area (Å²) in [5.41, 5.74) is 5.91. The van der Waals surface area contributed by atoms with Gasteiger partial charge >= 0.3 is 5.97 Å². The lowest BCUT2D eigenvalue weighted by Crippen LogP contribution is -2.10. The van der Waals surface area contributed by atoms with Crippen LogP contribution in [0, 0.1) is 13.8 Å². The molecule has 0 aliphatic heterocycles. The summed E-state index contributed by atoms with van der Waals surface area (Å²) in [5, 5.41) is 0. The Balaban J connectivity index is 2.19. The van der Waals surface area contributed by atoms with Gasteiger partial charge in [-0.05, 0) is 38.0 Å². The van der Waals surface area contributed by atoms with Crippen LogP contribution in [0.4, 0.5) is 0 Å². The van der Waals surface area contributed by atoms with E-state index < -0.39 is 0 Å². The van der Waals surface area contributed by atoms with Crippen LogP contribution in [0.2, 0.25) is 0 Å². The lowest BCUT2D eigenvalue weighted by Gasteiger charge is -2.07. The van der Waals surface area contributed by atoms with Gasteiger partial charge in [0.15, 0.2) is 0 Å². The number of esters is 1. The Hall–Kier alpha value is -2.62. The Morgan fingerprint density at radius 2 is 1.91 bits per heavy atom. The van der Waals surface area contributed by atoms with Gasteiger partial charge in [-0.1, -0.05) is 30.3 Å². The topological polar surface area (TPSA) is 43.6 Å². The van der Waals surface area contributed by atoms with E-state index in [0.29, 0.717) is 6.61 Å². The Labute approximate surface area is 135 Å². The maximum atomic E-state index is 12.0. The highest BCUT2D eigenvalue weighted by Crippen LogP contribution is 2.26. The molecule has 0 fully saturated rings. The van der Waals surface area contributed by atoms with Gasteiger partial charge in [-0.15, -0.1) is 0 Å². The standard InChI is InChI=1S/C19H20N2O2/c1-4-23-18(22)11-16-19(15-8-6-5-7-9-15)20-17-10-13(2)14(3)12-21(16)17/h5-10,12H,4,11H2,1-3H3. The Morgan fingerprint density at radius 3 is 2.61 bits per heavy atom. The van der Waals surface area contributed by atoms with Crippen molar-refractivity contribution in [2.75, 3.05) is 6.61 Å². The second-order valence-corrected chi connectivity index (χ2v) is 5.62. The summed E-state index contributed by atoms with van der Waals surface area (Å²) in [6.45, 7) is 6.33. The highest BCUT2D eigenvalue weighted by Gasteiger charge is 2.18. The predicted octanol–water partition coefficient (Wildman–Crippen LogP) is 3.72. The minimum absolute atomic E-state index is 0.210. The number of fused-ring (bicyclic) bond motifs is 1. The number of hydrogen-bond donors (Lipinski definition) is 0. The second kappa shape index (κ2) is 6.24. The number of benzene rings is 1. The zero-order valence-corrected chi connectivity index (χ0v) is 13.7. The number of aromatic nitrogens is 2. The Morgan fingerprint density at radius 1 is 1.17 bits per heavy atom. The molecule has 0 aliphatic rings. The largest absolute Gasteiger partial charge is 0.466 e. The molecule has 0 unspecified atom stereocenters. The first-order valence-corrected chi connectivity index (χ1v) is 7.79. The molecule has 23 heavy (non-hydrogen) atoms. The van der Waals surface area contributed by atoms with E-state index in [9.17, 15) is 4.79 Å². The number of ether oxygens (including phenoxy) is 1. The third kappa shape index (κ3) is 2.97. The first-order chi connectivity index (χ1) is 11.1. The highest BCUT2D eigenvalue weighted by molar-refractivity contribution is 5.77. The number of carbonyl (C=O) groups is 1. The summed E-state index contributed by atoms with van der Waals surface area (Å²) in [6.07, 6.45) is 2.25. The first-order valence-electron chi connectivity index (χ1n) is 7.79. The van der Waals surface area contributed by atoms with E-state index in [0.717, 1.165) is 22.6 Å². The SMILES string of the molecule is CCOC(=O)Cc1c(-c2ccccc2)nc2cc(C)c(C)cn12. The van der Waals surface area contributed by atoms with E-state index in [2.05, 4.69) is 19.9 Å². The molecule has 1 aromatic carbocycles. The van der Waals surface area contributed by atoms with E-state index in [-0.39, 0.29) is 12.4 Å². The number of rotatable bonds is 4. The van der Waals surface area contributed by atoms with Gasteiger partial charge in [0.25, 0.3) is 0 Å². The van der Waals surface area contributed by atoms with Crippen molar-refractivity contribution in [1.29, 1.82) is 0 Å². The van der Waals surface area contributed by atoms with Crippen molar-refractivity contribution < 1.29 is 9.53 Å². The van der Waals surface area contributed by atoms with Crippen LogP contribution in [-0.4, -0.2) is 22.0 Å². The average Bonchev–Trinajstić information content (AvgIpc) is 2.87. The molecule has 0 saturated heterocycles. The summed E-state index contributed by atoms with van der Waals surface area (Å²) >= 11 is 0. The zero-order valence-electron chi connectivity index (χ0n) is 13.7. The Kier molecular flexibility index (Phi) is 4.15. The Bertz CT molecular complexity index is 851. The third-order valence-corrected chi connectivity index (χ3v) is 3.99. The van der Waals surface area contributed by atoms with Gasteiger partial charge in [0.2, 0.25) is 0 Å². The van der Waals surface area contributed by atoms with Gasteiger partial charge in [-0.3, -0.25) is 4.79 Å². The van der Waals surface area contributed by atoms with Gasteiger partial charge in [0.1, 0.15) is 5.65 Å². The molecule has 0 radical (unpaired) electrons. The average molecular weight is 308 g/mol. The summed E-state index contributed by atoms with van der Waals surface area (Å²) in [5.74, 6) is -0.232. The monoisotopic (exact) mass is 308 g/mol. The highest BCUT2D eigenvalue weighted by atomic mass is 16.5. The molecule has 2 aromatic heterocycles. The number of hydrogen-bond acceptors (Lipinski definition) is 3. The molecule has 0 saturated carbocycles. The van der Waals surface area contributed by atoms with Crippen LogP contribution in [-0.2, 0) is 16.0 Å². The summed E-state index contributed by atoms with van der Waals surface area (Å²) in [6, 6.07) is 12.0. The predicted molar refractivity (Wildman–Crippen MR) is 90.4 cm³/mol. The molecule has 0 amide bonds. The van der Waals surface area contributed by atoms with Crippen LogP contribution in [0.3, 0.4) is 0 Å². The van der Waals surface area contributed by atoms with E-state index in [4.69, 9.17) is 9.72 Å². The zero-order chi connectivity index (χ0) is 16.4. The maximum Gasteiger partial charge on any atom is 0.311 e. The quantitative estimate of drug-likeness (QED) is 0.690. The fourth-order valence-electron chi connectivity index (χ4n) is 2.68. The van der Waals surface area contributed by atoms with Gasteiger partial charge in [0.05, 0.1) is 24.4 Å². The van der Waals surface area contributed by atoms with E-state index in [1.165, 1.54) is 11.1 Å². The fraction of sp³-hybridized carbons (Fsp3) is 0.263. The van der Waals surface area contributed by atoms with E-state index >= 15 is 0 Å². The molecular weight excluding hydrogens is 288 g/mol. The minimum atomic E-state index is -0.232. The normalized spacial score (nSPS) is 10.9. The van der Waals surface area contributed by atoms with Crippen molar-refractivity contribution in [3.05, 3.63) is 59.4 Å². The molecule has 0 bridgehead atoms. The first kappa shape index (κ1) is 15.3. The molecule has 3 aromatic rings. The van der Waals surface area contributed by atoms with Crippen LogP contribution < -0.4 is 0 Å². The molecule has 3 rings (SSSR count). The summed E-state index contributed by atoms with van der Waals surface area (Å²) in [7, 11) is 0. The smallest absolute Gasteiger partial charge is 0.311 e. The number of pyridine rings is 1. The third-order valence-electron chi connectivity index (χ3n) is 3.99. The second-order valence-electron chi connectivity index (χ2n) is 5.62. The number of imidazole rings is 1. The van der Waals surface area contributed by atoms with Crippen molar-refractivity contribution in [1.82, 2.24) is 9.38 Å². The van der Waals surface area contributed by atoms with E-state index in [1.807, 2.05) is 47.9 Å². The van der Waals surface area contributed by atoms with Crippen molar-refractivity contribution in [2.24, 2.45) is 0 Å². The molecule has 0 spiro atoms. The lowest BCUT2D eigenvalue weighted by molar-refractivity contribution is -0.142. The number of aryl methyl sites for hydroxylation is 2. The molecule has 4 heteroatoms. The van der Waals surface area contributed by atoms with Crippen LogP contribution in [0.25, 0.3) is 16.9 Å². The summed E-state index contributed by atoms with van der Waals surface area (Å²) in [4.78, 5) is 16.8. The molecule has 2 heterocycles. The molecular formula is C19H20N2O2. The fourth-order valence-corrected chi connectivity index (χ4v) is 2.68. The molecule has 118 valence electrons. The summed E-state index contributed by atoms with van der Waals surface area (Å²) < 4.78 is 7.13. The van der Waals surface area contributed by atoms with Crippen LogP contribution in [0.15, 0.2) is 42.6 Å². The van der Waals surface area contributed by atoms with Gasteiger partial charge in [-0.2, -0.15) is 0 Å². The van der Waals surface area contributed by atoms with Crippen molar-refractivity contribution in [2.45, 2.75) is 27.2 Å². The van der Waals surface area contributed by atoms with E-state index in [1.54, 1.807) is 0 Å². The number of nitrogens with zero attached hydrogens (tertiary/aromatic N) is 2.